The van der Waals surface area contributed by atoms with Crippen molar-refractivity contribution in [1.82, 2.24) is 0 Å². The molecule has 0 heterocycles. The number of allylic oxidation sites excluding steroid dienone is 1. The summed E-state index contributed by atoms with van der Waals surface area (Å²) in [6.45, 7) is 12.3. The maximum Gasteiger partial charge on any atom is 0.166 e. The molecule has 17 heavy (non-hydrogen) atoms. The average Bonchev–Trinajstić information content (AvgIpc) is 2.27. The van der Waals surface area contributed by atoms with Crippen LogP contribution in [0.4, 0.5) is 0 Å². The Bertz CT molecular complexity index is 254. The van der Waals surface area contributed by atoms with Gasteiger partial charge in [0.15, 0.2) is 6.29 Å². The molecule has 2 unspecified atom stereocenters. The highest BCUT2D eigenvalue weighted by atomic mass is 16.7. The molecule has 0 bridgehead atoms. The van der Waals surface area contributed by atoms with E-state index in [0.717, 1.165) is 18.8 Å². The Balaban J connectivity index is 2.88. The van der Waals surface area contributed by atoms with E-state index in [-0.39, 0.29) is 11.7 Å². The third kappa shape index (κ3) is 3.82. The zero-order valence-electron chi connectivity index (χ0n) is 12.1. The summed E-state index contributed by atoms with van der Waals surface area (Å²) in [7, 11) is 0. The first kappa shape index (κ1) is 14.7. The highest BCUT2D eigenvalue weighted by Gasteiger charge is 2.38. The minimum Gasteiger partial charge on any atom is -0.352 e. The van der Waals surface area contributed by atoms with Gasteiger partial charge in [-0.25, -0.2) is 0 Å². The molecule has 1 rings (SSSR count). The molecule has 0 aromatic carbocycles. The molecule has 0 radical (unpaired) electrons. The van der Waals surface area contributed by atoms with Crippen molar-refractivity contribution in [2.45, 2.75) is 60.2 Å². The highest BCUT2D eigenvalue weighted by molar-refractivity contribution is 5.14. The van der Waals surface area contributed by atoms with Crippen LogP contribution in [0.15, 0.2) is 11.6 Å². The molecule has 2 nitrogen and oxygen atoms in total. The van der Waals surface area contributed by atoms with E-state index < -0.39 is 0 Å². The number of hydrogen-bond donors (Lipinski definition) is 0. The van der Waals surface area contributed by atoms with Gasteiger partial charge >= 0.3 is 0 Å². The second kappa shape index (κ2) is 6.55. The molecule has 0 spiro atoms. The lowest BCUT2D eigenvalue weighted by Crippen LogP contribution is -2.39. The van der Waals surface area contributed by atoms with Crippen LogP contribution < -0.4 is 0 Å². The molecule has 0 amide bonds. The zero-order chi connectivity index (χ0) is 12.9. The first-order valence-electron chi connectivity index (χ1n) is 6.99. The Morgan fingerprint density at radius 3 is 2.35 bits per heavy atom. The van der Waals surface area contributed by atoms with E-state index in [4.69, 9.17) is 9.47 Å². The van der Waals surface area contributed by atoms with Crippen LogP contribution in [0, 0.1) is 11.3 Å². The maximum atomic E-state index is 5.80. The summed E-state index contributed by atoms with van der Waals surface area (Å²) in [5.41, 5.74) is 1.59. The lowest BCUT2D eigenvalue weighted by Gasteiger charge is -2.40. The second-order valence-electron chi connectivity index (χ2n) is 5.42. The van der Waals surface area contributed by atoms with Crippen LogP contribution in [0.5, 0.6) is 0 Å². The lowest BCUT2D eigenvalue weighted by atomic mass is 9.72. The van der Waals surface area contributed by atoms with Gasteiger partial charge in [-0.2, -0.15) is 0 Å². The van der Waals surface area contributed by atoms with E-state index in [1.165, 1.54) is 6.42 Å². The van der Waals surface area contributed by atoms with Crippen LogP contribution in [0.25, 0.3) is 0 Å². The van der Waals surface area contributed by atoms with Gasteiger partial charge in [0.05, 0.1) is 0 Å². The van der Waals surface area contributed by atoms with Crippen LogP contribution in [0.1, 0.15) is 53.9 Å². The van der Waals surface area contributed by atoms with Crippen molar-refractivity contribution >= 4 is 0 Å². The molecule has 2 heteroatoms. The molecule has 1 aliphatic rings. The lowest BCUT2D eigenvalue weighted by molar-refractivity contribution is -0.191. The maximum absolute atomic E-state index is 5.80. The Kier molecular flexibility index (Phi) is 5.68. The molecular formula is C15H28O2. The van der Waals surface area contributed by atoms with Crippen LogP contribution in [0.2, 0.25) is 0 Å². The van der Waals surface area contributed by atoms with Crippen molar-refractivity contribution in [3.63, 3.8) is 0 Å². The molecule has 0 saturated carbocycles. The summed E-state index contributed by atoms with van der Waals surface area (Å²) < 4.78 is 11.6. The number of ether oxygens (including phenoxy) is 2. The second-order valence-corrected chi connectivity index (χ2v) is 5.42. The topological polar surface area (TPSA) is 18.5 Å². The van der Waals surface area contributed by atoms with Crippen LogP contribution >= 0.6 is 0 Å². The predicted molar refractivity (Wildman–Crippen MR) is 71.9 cm³/mol. The number of hydrogen-bond acceptors (Lipinski definition) is 2. The van der Waals surface area contributed by atoms with Gasteiger partial charge in [-0.3, -0.25) is 0 Å². The molecule has 0 aliphatic heterocycles. The van der Waals surface area contributed by atoms with Crippen LogP contribution in [-0.2, 0) is 9.47 Å². The first-order valence-corrected chi connectivity index (χ1v) is 6.99. The Labute approximate surface area is 106 Å². The van der Waals surface area contributed by atoms with Crippen molar-refractivity contribution in [2.75, 3.05) is 13.2 Å². The molecule has 0 N–H and O–H groups in total. The van der Waals surface area contributed by atoms with E-state index in [1.807, 2.05) is 13.8 Å². The molecule has 1 aliphatic carbocycles. The molecule has 0 aromatic rings. The van der Waals surface area contributed by atoms with Crippen LogP contribution in [0.3, 0.4) is 0 Å². The highest BCUT2D eigenvalue weighted by Crippen LogP contribution is 2.42. The minimum absolute atomic E-state index is 0.0367. The van der Waals surface area contributed by atoms with Gasteiger partial charge in [-0.05, 0) is 39.0 Å². The van der Waals surface area contributed by atoms with Gasteiger partial charge in [0, 0.05) is 18.6 Å². The Morgan fingerprint density at radius 2 is 1.88 bits per heavy atom. The summed E-state index contributed by atoms with van der Waals surface area (Å²) in [4.78, 5) is 0. The molecule has 0 saturated heterocycles. The third-order valence-corrected chi connectivity index (χ3v) is 3.56. The minimum atomic E-state index is -0.0956. The molecule has 2 atom stereocenters. The van der Waals surface area contributed by atoms with Crippen LogP contribution in [-0.4, -0.2) is 19.5 Å². The number of rotatable bonds is 6. The smallest absolute Gasteiger partial charge is 0.166 e. The van der Waals surface area contributed by atoms with Gasteiger partial charge in [-0.15, -0.1) is 0 Å². The van der Waals surface area contributed by atoms with E-state index in [9.17, 15) is 0 Å². The fourth-order valence-corrected chi connectivity index (χ4v) is 3.00. The van der Waals surface area contributed by atoms with E-state index in [1.54, 1.807) is 5.57 Å². The predicted octanol–water partition coefficient (Wildman–Crippen LogP) is 4.16. The van der Waals surface area contributed by atoms with Crippen molar-refractivity contribution < 1.29 is 9.47 Å². The normalized spacial score (nSPS) is 29.5. The van der Waals surface area contributed by atoms with Gasteiger partial charge in [0.25, 0.3) is 0 Å². The third-order valence-electron chi connectivity index (χ3n) is 3.56. The summed E-state index contributed by atoms with van der Waals surface area (Å²) in [5, 5.41) is 0. The van der Waals surface area contributed by atoms with Gasteiger partial charge in [-0.1, -0.05) is 32.4 Å². The Morgan fingerprint density at radius 1 is 1.29 bits per heavy atom. The van der Waals surface area contributed by atoms with Crippen molar-refractivity contribution in [1.29, 1.82) is 0 Å². The van der Waals surface area contributed by atoms with Crippen molar-refractivity contribution in [3.05, 3.63) is 11.6 Å². The SMILES string of the molecule is CCOC(OCC)C1(C)C=C(CC)CC(C)C1. The summed E-state index contributed by atoms with van der Waals surface area (Å²) in [5.74, 6) is 0.725. The van der Waals surface area contributed by atoms with Gasteiger partial charge in [0.1, 0.15) is 0 Å². The summed E-state index contributed by atoms with van der Waals surface area (Å²) in [6.07, 6.45) is 5.84. The zero-order valence-corrected chi connectivity index (χ0v) is 12.1. The average molecular weight is 240 g/mol. The standard InChI is InChI=1S/C15H28O2/c1-6-13-9-12(4)10-15(5,11-13)14(16-7-2)17-8-3/h11-12,14H,6-10H2,1-5H3. The molecule has 0 aromatic heterocycles. The first-order chi connectivity index (χ1) is 8.05. The van der Waals surface area contributed by atoms with E-state index in [2.05, 4.69) is 26.8 Å². The molecule has 100 valence electrons. The summed E-state index contributed by atoms with van der Waals surface area (Å²) >= 11 is 0. The van der Waals surface area contributed by atoms with Gasteiger partial charge in [0.2, 0.25) is 0 Å². The Hall–Kier alpha value is -0.340. The fourth-order valence-electron chi connectivity index (χ4n) is 3.00. The van der Waals surface area contributed by atoms with E-state index >= 15 is 0 Å². The quantitative estimate of drug-likeness (QED) is 0.513. The van der Waals surface area contributed by atoms with Gasteiger partial charge < -0.3 is 9.47 Å². The summed E-state index contributed by atoms with van der Waals surface area (Å²) in [6, 6.07) is 0. The molecule has 0 fully saturated rings. The monoisotopic (exact) mass is 240 g/mol. The van der Waals surface area contributed by atoms with Crippen molar-refractivity contribution in [2.24, 2.45) is 11.3 Å². The fraction of sp³-hybridized carbons (Fsp3) is 0.867. The largest absolute Gasteiger partial charge is 0.352 e. The molecular weight excluding hydrogens is 212 g/mol. The van der Waals surface area contributed by atoms with Crippen molar-refractivity contribution in [3.8, 4) is 0 Å². The van der Waals surface area contributed by atoms with E-state index in [0.29, 0.717) is 13.2 Å².